The summed E-state index contributed by atoms with van der Waals surface area (Å²) in [5.74, 6) is -0.779. The normalized spacial score (nSPS) is 15.4. The molecule has 0 spiro atoms. The smallest absolute Gasteiger partial charge is 0.358 e. The summed E-state index contributed by atoms with van der Waals surface area (Å²) in [6, 6.07) is -0.452. The van der Waals surface area contributed by atoms with Crippen molar-refractivity contribution in [3.05, 3.63) is 11.1 Å². The van der Waals surface area contributed by atoms with Crippen molar-refractivity contribution < 1.29 is 19.1 Å². The van der Waals surface area contributed by atoms with Gasteiger partial charge in [0.2, 0.25) is 0 Å². The maximum absolute atomic E-state index is 12.1. The molecule has 27 heavy (non-hydrogen) atoms. The number of carbonyl (C=O) groups is 3. The first-order chi connectivity index (χ1) is 12.8. The summed E-state index contributed by atoms with van der Waals surface area (Å²) in [6.07, 6.45) is 3.90. The third kappa shape index (κ3) is 7.16. The van der Waals surface area contributed by atoms with E-state index in [1.165, 1.54) is 18.3 Å². The number of urea groups is 1. The fraction of sp³-hybridized carbons (Fsp3) is 0.667. The standard InChI is InChI=1S/C18H28N4O4S/c1-11(2)8-9-19-18-21-14(10-27-18)16(24)26-12(3)15(23)22-17(25)20-13-6-4-5-7-13/h10-13H,4-9H2,1-3H3,(H,19,21)(H2,20,22,23,25)/t12-/m0/s1. The summed E-state index contributed by atoms with van der Waals surface area (Å²) in [5.41, 5.74) is 0.141. The van der Waals surface area contributed by atoms with Crippen LogP contribution in [0.5, 0.6) is 0 Å². The van der Waals surface area contributed by atoms with Gasteiger partial charge in [-0.1, -0.05) is 26.7 Å². The Kier molecular flexibility index (Phi) is 8.02. The number of carbonyl (C=O) groups excluding carboxylic acids is 3. The van der Waals surface area contributed by atoms with E-state index in [0.717, 1.165) is 38.6 Å². The van der Waals surface area contributed by atoms with Crippen LogP contribution in [0.3, 0.4) is 0 Å². The molecule has 1 aliphatic carbocycles. The van der Waals surface area contributed by atoms with E-state index < -0.39 is 24.0 Å². The number of nitrogens with zero attached hydrogens (tertiary/aromatic N) is 1. The van der Waals surface area contributed by atoms with E-state index in [2.05, 4.69) is 34.8 Å². The summed E-state index contributed by atoms with van der Waals surface area (Å²) >= 11 is 1.31. The third-order valence-electron chi connectivity index (χ3n) is 4.29. The molecule has 1 aromatic heterocycles. The Bertz CT molecular complexity index is 656. The van der Waals surface area contributed by atoms with Crippen molar-refractivity contribution in [2.24, 2.45) is 5.92 Å². The van der Waals surface area contributed by atoms with Crippen molar-refractivity contribution in [3.8, 4) is 0 Å². The highest BCUT2D eigenvalue weighted by atomic mass is 32.1. The highest BCUT2D eigenvalue weighted by molar-refractivity contribution is 7.13. The highest BCUT2D eigenvalue weighted by Crippen LogP contribution is 2.18. The fourth-order valence-electron chi connectivity index (χ4n) is 2.70. The monoisotopic (exact) mass is 396 g/mol. The maximum Gasteiger partial charge on any atom is 0.358 e. The van der Waals surface area contributed by atoms with Gasteiger partial charge in [-0.2, -0.15) is 0 Å². The summed E-state index contributed by atoms with van der Waals surface area (Å²) in [7, 11) is 0. The molecule has 0 aliphatic heterocycles. The van der Waals surface area contributed by atoms with Crippen LogP contribution < -0.4 is 16.0 Å². The van der Waals surface area contributed by atoms with Crippen LogP contribution in [0, 0.1) is 5.92 Å². The molecule has 3 N–H and O–H groups in total. The number of hydrogen-bond acceptors (Lipinski definition) is 7. The Balaban J connectivity index is 1.75. The van der Waals surface area contributed by atoms with Crippen LogP contribution in [0.4, 0.5) is 9.93 Å². The lowest BCUT2D eigenvalue weighted by Gasteiger charge is -2.15. The van der Waals surface area contributed by atoms with E-state index in [0.29, 0.717) is 11.0 Å². The number of esters is 1. The zero-order valence-electron chi connectivity index (χ0n) is 16.0. The molecule has 1 saturated carbocycles. The zero-order valence-corrected chi connectivity index (χ0v) is 16.9. The van der Waals surface area contributed by atoms with Crippen molar-refractivity contribution in [2.75, 3.05) is 11.9 Å². The van der Waals surface area contributed by atoms with Crippen LogP contribution in [-0.4, -0.2) is 41.6 Å². The second-order valence-electron chi connectivity index (χ2n) is 7.14. The molecule has 1 fully saturated rings. The number of aromatic nitrogens is 1. The number of nitrogens with one attached hydrogen (secondary N) is 3. The van der Waals surface area contributed by atoms with Gasteiger partial charge < -0.3 is 15.4 Å². The second-order valence-corrected chi connectivity index (χ2v) is 8.00. The van der Waals surface area contributed by atoms with Gasteiger partial charge in [-0.3, -0.25) is 10.1 Å². The summed E-state index contributed by atoms with van der Waals surface area (Å²) in [6.45, 7) is 6.46. The summed E-state index contributed by atoms with van der Waals surface area (Å²) in [5, 5.41) is 10.3. The first-order valence-corrected chi connectivity index (χ1v) is 10.2. The second kappa shape index (κ2) is 10.2. The molecule has 0 radical (unpaired) electrons. The van der Waals surface area contributed by atoms with Crippen LogP contribution in [0.15, 0.2) is 5.38 Å². The Morgan fingerprint density at radius 3 is 2.63 bits per heavy atom. The molecule has 1 atom stereocenters. The topological polar surface area (TPSA) is 109 Å². The van der Waals surface area contributed by atoms with Gasteiger partial charge in [-0.05, 0) is 32.1 Å². The van der Waals surface area contributed by atoms with Crippen LogP contribution in [0.2, 0.25) is 0 Å². The number of rotatable bonds is 8. The largest absolute Gasteiger partial charge is 0.448 e. The minimum Gasteiger partial charge on any atom is -0.448 e. The lowest BCUT2D eigenvalue weighted by atomic mass is 10.1. The average Bonchev–Trinajstić information content (AvgIpc) is 3.26. The van der Waals surface area contributed by atoms with E-state index in [-0.39, 0.29) is 11.7 Å². The van der Waals surface area contributed by atoms with Gasteiger partial charge in [0.15, 0.2) is 16.9 Å². The maximum atomic E-state index is 12.1. The van der Waals surface area contributed by atoms with Gasteiger partial charge in [0.25, 0.3) is 5.91 Å². The van der Waals surface area contributed by atoms with E-state index in [4.69, 9.17) is 4.74 Å². The molecular weight excluding hydrogens is 368 g/mol. The van der Waals surface area contributed by atoms with E-state index in [9.17, 15) is 14.4 Å². The van der Waals surface area contributed by atoms with Crippen molar-refractivity contribution in [3.63, 3.8) is 0 Å². The molecule has 0 aromatic carbocycles. The zero-order chi connectivity index (χ0) is 19.8. The Morgan fingerprint density at radius 2 is 1.96 bits per heavy atom. The number of imide groups is 1. The fourth-order valence-corrected chi connectivity index (χ4v) is 3.40. The van der Waals surface area contributed by atoms with Crippen molar-refractivity contribution in [2.45, 2.75) is 65.0 Å². The average molecular weight is 397 g/mol. The Labute approximate surface area is 163 Å². The first-order valence-electron chi connectivity index (χ1n) is 9.37. The SMILES string of the molecule is CC(C)CCNc1nc(C(=O)O[C@@H](C)C(=O)NC(=O)NC2CCCC2)cs1. The number of amides is 3. The quantitative estimate of drug-likeness (QED) is 0.583. The van der Waals surface area contributed by atoms with Crippen LogP contribution in [0.25, 0.3) is 0 Å². The van der Waals surface area contributed by atoms with Gasteiger partial charge in [0, 0.05) is 18.0 Å². The third-order valence-corrected chi connectivity index (χ3v) is 5.09. The molecule has 8 nitrogen and oxygen atoms in total. The van der Waals surface area contributed by atoms with Gasteiger partial charge in [0.1, 0.15) is 0 Å². The molecule has 0 saturated heterocycles. The summed E-state index contributed by atoms with van der Waals surface area (Å²) < 4.78 is 5.11. The van der Waals surface area contributed by atoms with Gasteiger partial charge >= 0.3 is 12.0 Å². The first kappa shape index (κ1) is 21.1. The lowest BCUT2D eigenvalue weighted by Crippen LogP contribution is -2.47. The van der Waals surface area contributed by atoms with Gasteiger partial charge in [0.05, 0.1) is 0 Å². The molecule has 1 heterocycles. The minimum absolute atomic E-state index is 0.104. The van der Waals surface area contributed by atoms with Crippen LogP contribution in [0.1, 0.15) is 63.4 Å². The molecule has 150 valence electrons. The number of anilines is 1. The molecule has 0 bridgehead atoms. The van der Waals surface area contributed by atoms with E-state index in [1.807, 2.05) is 0 Å². The van der Waals surface area contributed by atoms with E-state index >= 15 is 0 Å². The molecule has 0 unspecified atom stereocenters. The van der Waals surface area contributed by atoms with Crippen LogP contribution >= 0.6 is 11.3 Å². The van der Waals surface area contributed by atoms with Crippen molar-refractivity contribution >= 4 is 34.4 Å². The lowest BCUT2D eigenvalue weighted by molar-refractivity contribution is -0.127. The Morgan fingerprint density at radius 1 is 1.26 bits per heavy atom. The molecule has 3 amide bonds. The minimum atomic E-state index is -1.09. The molecule has 1 aliphatic rings. The van der Waals surface area contributed by atoms with Crippen molar-refractivity contribution in [1.29, 1.82) is 0 Å². The predicted octanol–water partition coefficient (Wildman–Crippen LogP) is 2.91. The number of thiazole rings is 1. The van der Waals surface area contributed by atoms with Gasteiger partial charge in [-0.25, -0.2) is 14.6 Å². The molecule has 1 aromatic rings. The molecule has 2 rings (SSSR count). The Hall–Kier alpha value is -2.16. The number of ether oxygens (including phenoxy) is 1. The van der Waals surface area contributed by atoms with Crippen LogP contribution in [-0.2, 0) is 9.53 Å². The molecule has 9 heteroatoms. The van der Waals surface area contributed by atoms with Crippen molar-refractivity contribution in [1.82, 2.24) is 15.6 Å². The number of hydrogen-bond donors (Lipinski definition) is 3. The molecular formula is C18H28N4O4S. The van der Waals surface area contributed by atoms with E-state index in [1.54, 1.807) is 5.38 Å². The predicted molar refractivity (Wildman–Crippen MR) is 104 cm³/mol. The van der Waals surface area contributed by atoms with Gasteiger partial charge in [-0.15, -0.1) is 11.3 Å². The highest BCUT2D eigenvalue weighted by Gasteiger charge is 2.24. The summed E-state index contributed by atoms with van der Waals surface area (Å²) in [4.78, 5) is 40.1.